The van der Waals surface area contributed by atoms with Crippen LogP contribution >= 0.6 is 0 Å². The standard InChI is InChI=1S/C5H6FN/c1-5(6)3-4-7-2/h3-4H,1-2H2. The van der Waals surface area contributed by atoms with Gasteiger partial charge in [-0.05, 0) is 12.8 Å². The number of allylic oxidation sites excluding steroid dienone is 2. The van der Waals surface area contributed by atoms with E-state index in [-0.39, 0.29) is 0 Å². The van der Waals surface area contributed by atoms with Crippen LogP contribution in [-0.2, 0) is 0 Å². The van der Waals surface area contributed by atoms with Gasteiger partial charge in [0, 0.05) is 6.20 Å². The molecule has 0 amide bonds. The van der Waals surface area contributed by atoms with Crippen molar-refractivity contribution >= 4 is 6.72 Å². The zero-order valence-corrected chi connectivity index (χ0v) is 3.89. The van der Waals surface area contributed by atoms with E-state index >= 15 is 0 Å². The summed E-state index contributed by atoms with van der Waals surface area (Å²) < 4.78 is 11.5. The minimum absolute atomic E-state index is 0.507. The van der Waals surface area contributed by atoms with Gasteiger partial charge in [-0.15, -0.1) is 0 Å². The Hall–Kier alpha value is -0.920. The van der Waals surface area contributed by atoms with Crippen LogP contribution in [0.3, 0.4) is 0 Å². The van der Waals surface area contributed by atoms with Crippen LogP contribution in [0.2, 0.25) is 0 Å². The van der Waals surface area contributed by atoms with Crippen molar-refractivity contribution in [1.29, 1.82) is 0 Å². The minimum Gasteiger partial charge on any atom is -0.272 e. The van der Waals surface area contributed by atoms with Gasteiger partial charge in [-0.2, -0.15) is 0 Å². The number of halogens is 1. The van der Waals surface area contributed by atoms with Crippen LogP contribution in [-0.4, -0.2) is 6.72 Å². The number of nitrogens with zero attached hydrogens (tertiary/aromatic N) is 1. The summed E-state index contributed by atoms with van der Waals surface area (Å²) in [4.78, 5) is 3.24. The summed E-state index contributed by atoms with van der Waals surface area (Å²) in [6.07, 6.45) is 2.37. The van der Waals surface area contributed by atoms with Crippen LogP contribution in [0.4, 0.5) is 4.39 Å². The van der Waals surface area contributed by atoms with E-state index in [1.54, 1.807) is 0 Å². The Labute approximate surface area is 41.9 Å². The molecule has 1 nitrogen and oxygen atoms in total. The lowest BCUT2D eigenvalue weighted by Gasteiger charge is -1.72. The Morgan fingerprint density at radius 2 is 2.29 bits per heavy atom. The second kappa shape index (κ2) is 3.28. The zero-order valence-electron chi connectivity index (χ0n) is 3.89. The molecule has 0 saturated heterocycles. The topological polar surface area (TPSA) is 12.4 Å². The molecule has 0 saturated carbocycles. The summed E-state index contributed by atoms with van der Waals surface area (Å²) in [6.45, 7) is 6.04. The lowest BCUT2D eigenvalue weighted by molar-refractivity contribution is 0.671. The molecule has 38 valence electrons. The largest absolute Gasteiger partial charge is 0.272 e. The summed E-state index contributed by atoms with van der Waals surface area (Å²) in [5.74, 6) is -0.507. The molecule has 0 bridgehead atoms. The molecule has 0 aromatic carbocycles. The maximum Gasteiger partial charge on any atom is 0.117 e. The Morgan fingerprint density at radius 3 is 2.43 bits per heavy atom. The Kier molecular flexibility index (Phi) is 2.85. The SMILES string of the molecule is C=NC=CC(=C)F. The average molecular weight is 99.1 g/mol. The van der Waals surface area contributed by atoms with E-state index in [4.69, 9.17) is 0 Å². The summed E-state index contributed by atoms with van der Waals surface area (Å²) in [6, 6.07) is 0. The van der Waals surface area contributed by atoms with E-state index < -0.39 is 5.83 Å². The Morgan fingerprint density at radius 1 is 1.71 bits per heavy atom. The fourth-order valence-electron chi connectivity index (χ4n) is 0.134. The van der Waals surface area contributed by atoms with Crippen LogP contribution in [0.25, 0.3) is 0 Å². The fraction of sp³-hybridized carbons (Fsp3) is 0. The van der Waals surface area contributed by atoms with Gasteiger partial charge in [-0.25, -0.2) is 4.39 Å². The predicted molar refractivity (Wildman–Crippen MR) is 28.9 cm³/mol. The van der Waals surface area contributed by atoms with Crippen molar-refractivity contribution in [1.82, 2.24) is 0 Å². The third-order valence-electron chi connectivity index (χ3n) is 0.361. The molecule has 0 unspecified atom stereocenters. The molecule has 2 heteroatoms. The molecule has 0 N–H and O–H groups in total. The lowest BCUT2D eigenvalue weighted by atomic mass is 10.6. The molecular weight excluding hydrogens is 93.1 g/mol. The molecule has 0 rings (SSSR count). The molecule has 0 aliphatic heterocycles. The van der Waals surface area contributed by atoms with Gasteiger partial charge in [0.1, 0.15) is 5.83 Å². The number of rotatable bonds is 2. The molecule has 0 atom stereocenters. The fourth-order valence-corrected chi connectivity index (χ4v) is 0.134. The second-order valence-electron chi connectivity index (χ2n) is 0.945. The van der Waals surface area contributed by atoms with Crippen molar-refractivity contribution in [2.45, 2.75) is 0 Å². The predicted octanol–water partition coefficient (Wildman–Crippen LogP) is 1.68. The Balaban J connectivity index is 3.46. The second-order valence-corrected chi connectivity index (χ2v) is 0.945. The molecule has 0 aromatic heterocycles. The van der Waals surface area contributed by atoms with E-state index in [1.807, 2.05) is 0 Å². The van der Waals surface area contributed by atoms with E-state index in [0.717, 1.165) is 6.08 Å². The van der Waals surface area contributed by atoms with Crippen molar-refractivity contribution < 1.29 is 4.39 Å². The van der Waals surface area contributed by atoms with E-state index in [1.165, 1.54) is 6.20 Å². The van der Waals surface area contributed by atoms with Crippen LogP contribution in [0.15, 0.2) is 29.7 Å². The zero-order chi connectivity index (χ0) is 5.70. The highest BCUT2D eigenvalue weighted by molar-refractivity contribution is 5.26. The van der Waals surface area contributed by atoms with E-state index in [0.29, 0.717) is 0 Å². The molecule has 0 heterocycles. The number of aliphatic imine (C=N–C) groups is 1. The molecule has 0 fully saturated rings. The van der Waals surface area contributed by atoms with Crippen LogP contribution in [0, 0.1) is 0 Å². The van der Waals surface area contributed by atoms with Gasteiger partial charge in [0.25, 0.3) is 0 Å². The summed E-state index contributed by atoms with van der Waals surface area (Å²) in [5.41, 5.74) is 0. The van der Waals surface area contributed by atoms with Gasteiger partial charge in [-0.1, -0.05) is 6.58 Å². The molecule has 0 aliphatic rings. The quantitative estimate of drug-likeness (QED) is 0.369. The average Bonchev–Trinajstić information content (AvgIpc) is 1.61. The van der Waals surface area contributed by atoms with Crippen molar-refractivity contribution in [3.8, 4) is 0 Å². The van der Waals surface area contributed by atoms with Crippen LogP contribution in [0.1, 0.15) is 0 Å². The molecular formula is C5H6FN. The van der Waals surface area contributed by atoms with Gasteiger partial charge in [-0.3, -0.25) is 4.99 Å². The normalized spacial score (nSPS) is 9.29. The number of hydrogen-bond donors (Lipinski definition) is 0. The van der Waals surface area contributed by atoms with Gasteiger partial charge >= 0.3 is 0 Å². The van der Waals surface area contributed by atoms with Gasteiger partial charge in [0.15, 0.2) is 0 Å². The summed E-state index contributed by atoms with van der Waals surface area (Å²) in [5, 5.41) is 0. The highest BCUT2D eigenvalue weighted by atomic mass is 19.1. The summed E-state index contributed by atoms with van der Waals surface area (Å²) in [7, 11) is 0. The molecule has 0 radical (unpaired) electrons. The number of hydrogen-bond acceptors (Lipinski definition) is 1. The molecule has 0 aromatic rings. The van der Waals surface area contributed by atoms with E-state index in [2.05, 4.69) is 18.3 Å². The lowest BCUT2D eigenvalue weighted by Crippen LogP contribution is -1.53. The highest BCUT2D eigenvalue weighted by Crippen LogP contribution is 1.90. The molecule has 0 spiro atoms. The Bertz CT molecular complexity index is 105. The van der Waals surface area contributed by atoms with Crippen molar-refractivity contribution in [3.63, 3.8) is 0 Å². The van der Waals surface area contributed by atoms with Gasteiger partial charge in [0.2, 0.25) is 0 Å². The van der Waals surface area contributed by atoms with E-state index in [9.17, 15) is 4.39 Å². The summed E-state index contributed by atoms with van der Waals surface area (Å²) >= 11 is 0. The van der Waals surface area contributed by atoms with Crippen LogP contribution in [0.5, 0.6) is 0 Å². The van der Waals surface area contributed by atoms with Gasteiger partial charge in [0.05, 0.1) is 0 Å². The maximum absolute atomic E-state index is 11.5. The van der Waals surface area contributed by atoms with Crippen LogP contribution < -0.4 is 0 Å². The minimum atomic E-state index is -0.507. The third kappa shape index (κ3) is 5.08. The smallest absolute Gasteiger partial charge is 0.117 e. The third-order valence-corrected chi connectivity index (χ3v) is 0.361. The van der Waals surface area contributed by atoms with Crippen molar-refractivity contribution in [2.75, 3.05) is 0 Å². The first kappa shape index (κ1) is 6.08. The van der Waals surface area contributed by atoms with Gasteiger partial charge < -0.3 is 0 Å². The first-order valence-electron chi connectivity index (χ1n) is 1.74. The first-order valence-corrected chi connectivity index (χ1v) is 1.74. The highest BCUT2D eigenvalue weighted by Gasteiger charge is 1.71. The first-order chi connectivity index (χ1) is 3.27. The maximum atomic E-state index is 11.5. The van der Waals surface area contributed by atoms with Crippen molar-refractivity contribution in [2.24, 2.45) is 4.99 Å². The molecule has 0 aliphatic carbocycles. The molecule has 7 heavy (non-hydrogen) atoms. The monoisotopic (exact) mass is 99.0 g/mol. The van der Waals surface area contributed by atoms with Crippen molar-refractivity contribution in [3.05, 3.63) is 24.7 Å².